The van der Waals surface area contributed by atoms with E-state index in [0.717, 1.165) is 12.8 Å². The van der Waals surface area contributed by atoms with E-state index in [2.05, 4.69) is 22.8 Å². The van der Waals surface area contributed by atoms with Crippen LogP contribution in [0.3, 0.4) is 0 Å². The van der Waals surface area contributed by atoms with Crippen LogP contribution in [0.15, 0.2) is 54.6 Å². The summed E-state index contributed by atoms with van der Waals surface area (Å²) in [6.07, 6.45) is 1.92. The van der Waals surface area contributed by atoms with Crippen molar-refractivity contribution in [2.45, 2.75) is 19.3 Å². The molecule has 25 heavy (non-hydrogen) atoms. The predicted molar refractivity (Wildman–Crippen MR) is 96.4 cm³/mol. The molecule has 2 aromatic carbocycles. The summed E-state index contributed by atoms with van der Waals surface area (Å²) in [6.45, 7) is 0.809. The van der Waals surface area contributed by atoms with E-state index < -0.39 is 5.92 Å². The summed E-state index contributed by atoms with van der Waals surface area (Å²) in [5.74, 6) is -0.143. The van der Waals surface area contributed by atoms with Crippen molar-refractivity contribution in [3.8, 4) is 5.75 Å². The number of rotatable bonds is 6. The standard InChI is InChI=1S/C20H22N2O3/c23-19(21-12-6-9-15-7-2-1-3-8-15)13-16-14-25-18-11-5-4-10-17(18)22-20(16)24/h1-5,7-8,10-11,16H,6,9,12-14H2,(H,21,23)(H,22,24)/t16-/m1/s1. The molecular weight excluding hydrogens is 316 g/mol. The Labute approximate surface area is 147 Å². The minimum atomic E-state index is -0.485. The topological polar surface area (TPSA) is 67.4 Å². The molecule has 2 aromatic rings. The highest BCUT2D eigenvalue weighted by Gasteiger charge is 2.26. The van der Waals surface area contributed by atoms with Crippen LogP contribution in [-0.4, -0.2) is 25.0 Å². The number of ether oxygens (including phenoxy) is 1. The molecule has 0 bridgehead atoms. The number of para-hydroxylation sites is 2. The second-order valence-electron chi connectivity index (χ2n) is 6.14. The Morgan fingerprint density at radius 1 is 1.12 bits per heavy atom. The summed E-state index contributed by atoms with van der Waals surface area (Å²) < 4.78 is 5.65. The van der Waals surface area contributed by atoms with Gasteiger partial charge in [0, 0.05) is 13.0 Å². The largest absolute Gasteiger partial charge is 0.491 e. The fraction of sp³-hybridized carbons (Fsp3) is 0.300. The molecule has 0 fully saturated rings. The first-order valence-electron chi connectivity index (χ1n) is 8.55. The third-order valence-corrected chi connectivity index (χ3v) is 4.19. The van der Waals surface area contributed by atoms with Gasteiger partial charge >= 0.3 is 0 Å². The van der Waals surface area contributed by atoms with E-state index >= 15 is 0 Å². The molecule has 0 spiro atoms. The summed E-state index contributed by atoms with van der Waals surface area (Å²) in [7, 11) is 0. The lowest BCUT2D eigenvalue weighted by Crippen LogP contribution is -2.33. The molecule has 0 radical (unpaired) electrons. The van der Waals surface area contributed by atoms with Crippen molar-refractivity contribution in [1.82, 2.24) is 5.32 Å². The van der Waals surface area contributed by atoms with Crippen molar-refractivity contribution >= 4 is 17.5 Å². The van der Waals surface area contributed by atoms with Crippen LogP contribution < -0.4 is 15.4 Å². The van der Waals surface area contributed by atoms with Gasteiger partial charge in [-0.25, -0.2) is 0 Å². The van der Waals surface area contributed by atoms with Crippen LogP contribution in [0.2, 0.25) is 0 Å². The molecule has 3 rings (SSSR count). The van der Waals surface area contributed by atoms with E-state index in [1.165, 1.54) is 5.56 Å². The number of fused-ring (bicyclic) bond motifs is 1. The molecule has 2 amide bonds. The molecule has 0 aromatic heterocycles. The lowest BCUT2D eigenvalue weighted by atomic mass is 10.1. The zero-order chi connectivity index (χ0) is 17.5. The van der Waals surface area contributed by atoms with E-state index in [9.17, 15) is 9.59 Å². The second-order valence-corrected chi connectivity index (χ2v) is 6.14. The summed E-state index contributed by atoms with van der Waals surface area (Å²) in [5, 5.41) is 5.71. The number of aryl methyl sites for hydroxylation is 1. The van der Waals surface area contributed by atoms with Crippen molar-refractivity contribution in [3.05, 3.63) is 60.2 Å². The minimum Gasteiger partial charge on any atom is -0.491 e. The Morgan fingerprint density at radius 3 is 2.72 bits per heavy atom. The Balaban J connectivity index is 1.43. The van der Waals surface area contributed by atoms with Crippen molar-refractivity contribution in [2.75, 3.05) is 18.5 Å². The smallest absolute Gasteiger partial charge is 0.231 e. The molecule has 1 atom stereocenters. The van der Waals surface area contributed by atoms with Gasteiger partial charge in [0.25, 0.3) is 0 Å². The number of carbonyl (C=O) groups excluding carboxylic acids is 2. The number of nitrogens with one attached hydrogen (secondary N) is 2. The third kappa shape index (κ3) is 4.83. The SMILES string of the molecule is O=C(C[C@@H]1COc2ccccc2NC1=O)NCCCc1ccccc1. The molecule has 0 aliphatic carbocycles. The number of hydrogen-bond acceptors (Lipinski definition) is 3. The fourth-order valence-corrected chi connectivity index (χ4v) is 2.81. The Morgan fingerprint density at radius 2 is 1.88 bits per heavy atom. The fourth-order valence-electron chi connectivity index (χ4n) is 2.81. The average molecular weight is 338 g/mol. The van der Waals surface area contributed by atoms with Crippen LogP contribution in [-0.2, 0) is 16.0 Å². The van der Waals surface area contributed by atoms with Gasteiger partial charge in [0.1, 0.15) is 12.4 Å². The maximum Gasteiger partial charge on any atom is 0.231 e. The van der Waals surface area contributed by atoms with Gasteiger partial charge < -0.3 is 15.4 Å². The Hall–Kier alpha value is -2.82. The maximum atomic E-state index is 12.3. The van der Waals surface area contributed by atoms with Crippen molar-refractivity contribution < 1.29 is 14.3 Å². The molecule has 1 aliphatic rings. The number of amides is 2. The molecule has 2 N–H and O–H groups in total. The highest BCUT2D eigenvalue weighted by atomic mass is 16.5. The molecule has 5 heteroatoms. The van der Waals surface area contributed by atoms with E-state index in [1.54, 1.807) is 6.07 Å². The van der Waals surface area contributed by atoms with Gasteiger partial charge in [0.15, 0.2) is 0 Å². The quantitative estimate of drug-likeness (QED) is 0.796. The van der Waals surface area contributed by atoms with Gasteiger partial charge in [-0.15, -0.1) is 0 Å². The van der Waals surface area contributed by atoms with E-state index in [1.807, 2.05) is 36.4 Å². The first-order valence-corrected chi connectivity index (χ1v) is 8.55. The second kappa shape index (κ2) is 8.33. The van der Waals surface area contributed by atoms with Crippen LogP contribution in [0, 0.1) is 5.92 Å². The minimum absolute atomic E-state index is 0.122. The highest BCUT2D eigenvalue weighted by molar-refractivity contribution is 5.97. The maximum absolute atomic E-state index is 12.3. The van der Waals surface area contributed by atoms with Gasteiger partial charge in [-0.2, -0.15) is 0 Å². The molecule has 1 heterocycles. The predicted octanol–water partition coefficient (Wildman–Crippen LogP) is 2.77. The number of hydrogen-bond donors (Lipinski definition) is 2. The molecule has 0 saturated heterocycles. The van der Waals surface area contributed by atoms with Crippen LogP contribution in [0.25, 0.3) is 0 Å². The summed E-state index contributed by atoms with van der Waals surface area (Å²) in [4.78, 5) is 24.4. The van der Waals surface area contributed by atoms with Crippen LogP contribution in [0.1, 0.15) is 18.4 Å². The van der Waals surface area contributed by atoms with Crippen molar-refractivity contribution in [1.29, 1.82) is 0 Å². The van der Waals surface area contributed by atoms with E-state index in [-0.39, 0.29) is 24.8 Å². The van der Waals surface area contributed by atoms with Crippen molar-refractivity contribution in [3.63, 3.8) is 0 Å². The van der Waals surface area contributed by atoms with Gasteiger partial charge in [-0.1, -0.05) is 42.5 Å². The Kier molecular flexibility index (Phi) is 5.67. The first-order chi connectivity index (χ1) is 12.2. The summed E-state index contributed by atoms with van der Waals surface area (Å²) in [5.41, 5.74) is 1.91. The Bertz CT molecular complexity index is 731. The monoisotopic (exact) mass is 338 g/mol. The number of benzene rings is 2. The lowest BCUT2D eigenvalue weighted by Gasteiger charge is -2.12. The van der Waals surface area contributed by atoms with Gasteiger partial charge in [-0.05, 0) is 30.5 Å². The molecular formula is C20H22N2O3. The summed E-state index contributed by atoms with van der Waals surface area (Å²) >= 11 is 0. The molecule has 5 nitrogen and oxygen atoms in total. The van der Waals surface area contributed by atoms with Crippen LogP contribution in [0.4, 0.5) is 5.69 Å². The van der Waals surface area contributed by atoms with Crippen LogP contribution in [0.5, 0.6) is 5.75 Å². The zero-order valence-electron chi connectivity index (χ0n) is 14.0. The average Bonchev–Trinajstić information content (AvgIpc) is 2.79. The van der Waals surface area contributed by atoms with Gasteiger partial charge in [-0.3, -0.25) is 9.59 Å². The van der Waals surface area contributed by atoms with Crippen LogP contribution >= 0.6 is 0 Å². The van der Waals surface area contributed by atoms with E-state index in [4.69, 9.17) is 4.74 Å². The van der Waals surface area contributed by atoms with Crippen molar-refractivity contribution in [2.24, 2.45) is 5.92 Å². The number of carbonyl (C=O) groups is 2. The molecule has 0 saturated carbocycles. The van der Waals surface area contributed by atoms with Gasteiger partial charge in [0.2, 0.25) is 11.8 Å². The molecule has 130 valence electrons. The van der Waals surface area contributed by atoms with E-state index in [0.29, 0.717) is 18.0 Å². The molecule has 1 aliphatic heterocycles. The zero-order valence-corrected chi connectivity index (χ0v) is 14.0. The summed E-state index contributed by atoms with van der Waals surface area (Å²) in [6, 6.07) is 17.4. The normalized spacial score (nSPS) is 16.2. The van der Waals surface area contributed by atoms with Gasteiger partial charge in [0.05, 0.1) is 11.6 Å². The first kappa shape index (κ1) is 17.0. The number of anilines is 1. The third-order valence-electron chi connectivity index (χ3n) is 4.19. The highest BCUT2D eigenvalue weighted by Crippen LogP contribution is 2.28. The molecule has 0 unspecified atom stereocenters. The lowest BCUT2D eigenvalue weighted by molar-refractivity contribution is -0.128.